The molecule has 4 nitrogen and oxygen atoms in total. The molecule has 0 saturated carbocycles. The van der Waals surface area contributed by atoms with Crippen LogP contribution in [0, 0.1) is 0 Å². The van der Waals surface area contributed by atoms with Crippen LogP contribution < -0.4 is 0 Å². The average molecular weight is 751 g/mol. The van der Waals surface area contributed by atoms with Gasteiger partial charge in [-0.1, -0.05) is 133 Å². The Morgan fingerprint density at radius 3 is 1.20 bits per heavy atom. The van der Waals surface area contributed by atoms with E-state index in [2.05, 4.69) is 48.5 Å². The summed E-state index contributed by atoms with van der Waals surface area (Å²) in [5, 5.41) is 25.7. The van der Waals surface area contributed by atoms with Gasteiger partial charge in [0.15, 0.2) is 0 Å². The molecule has 8 aromatic carbocycles. The summed E-state index contributed by atoms with van der Waals surface area (Å²) < 4.78 is 0. The van der Waals surface area contributed by atoms with E-state index < -0.39 is 0 Å². The normalized spacial score (nSPS) is 11.4. The molecule has 0 bridgehead atoms. The summed E-state index contributed by atoms with van der Waals surface area (Å²) in [5.74, 6) is 0.337. The number of rotatable bonds is 7. The third-order valence-electron chi connectivity index (χ3n) is 9.05. The van der Waals surface area contributed by atoms with E-state index in [9.17, 15) is 10.2 Å². The van der Waals surface area contributed by atoms with Gasteiger partial charge < -0.3 is 10.2 Å². The van der Waals surface area contributed by atoms with Crippen LogP contribution in [0.5, 0.6) is 11.5 Å². The summed E-state index contributed by atoms with van der Waals surface area (Å²) in [4.78, 5) is 9.83. The van der Waals surface area contributed by atoms with Crippen molar-refractivity contribution in [2.45, 2.75) is 0 Å². The molecule has 0 aliphatic rings. The van der Waals surface area contributed by atoms with Crippen LogP contribution in [0.4, 0.5) is 11.4 Å². The second-order valence-corrected chi connectivity index (χ2v) is 12.2. The molecule has 0 fully saturated rings. The maximum Gasteiger partial charge on any atom is 0.124 e. The van der Waals surface area contributed by atoms with Crippen LogP contribution in [0.3, 0.4) is 0 Å². The number of phenolic OH excluding ortho intramolecular Hbond substituents is 2. The number of phenols is 2. The maximum atomic E-state index is 10.9. The van der Waals surface area contributed by atoms with Crippen molar-refractivity contribution in [2.75, 3.05) is 0 Å². The topological polar surface area (TPSA) is 65.2 Å². The molecule has 51 heavy (non-hydrogen) atoms. The number of hydrogen-bond donors (Lipinski definition) is 2. The van der Waals surface area contributed by atoms with Crippen LogP contribution in [-0.2, 0) is 20.4 Å². The zero-order valence-electron chi connectivity index (χ0n) is 27.4. The fourth-order valence-corrected chi connectivity index (χ4v) is 6.47. The third-order valence-corrected chi connectivity index (χ3v) is 9.05. The average Bonchev–Trinajstić information content (AvgIpc) is 3.18. The van der Waals surface area contributed by atoms with Crippen LogP contribution >= 0.6 is 0 Å². The molecule has 0 amide bonds. The molecule has 0 unspecified atom stereocenters. The Bertz CT molecular complexity index is 2380. The summed E-state index contributed by atoms with van der Waals surface area (Å²) in [5.41, 5.74) is 9.11. The molecule has 5 heteroatoms. The Labute approximate surface area is 310 Å². The Morgan fingerprint density at radius 2 is 0.765 bits per heavy atom. The number of para-hydroxylation sites is 2. The number of aliphatic imine (C=N–C) groups is 2. The van der Waals surface area contributed by atoms with Gasteiger partial charge in [0.25, 0.3) is 0 Å². The zero-order chi connectivity index (χ0) is 33.9. The van der Waals surface area contributed by atoms with Crippen LogP contribution in [0.1, 0.15) is 11.1 Å². The van der Waals surface area contributed by atoms with Crippen LogP contribution in [0.15, 0.2) is 180 Å². The smallest absolute Gasteiger partial charge is 0.124 e. The Morgan fingerprint density at radius 1 is 0.373 bits per heavy atom. The summed E-state index contributed by atoms with van der Waals surface area (Å²) in [7, 11) is 0. The van der Waals surface area contributed by atoms with Crippen molar-refractivity contribution in [3.8, 4) is 44.9 Å². The van der Waals surface area contributed by atoms with Gasteiger partial charge in [0.05, 0.1) is 11.4 Å². The molecule has 0 radical (unpaired) electrons. The van der Waals surface area contributed by atoms with Gasteiger partial charge in [0.2, 0.25) is 0 Å². The molecule has 8 aromatic rings. The molecule has 8 rings (SSSR count). The van der Waals surface area contributed by atoms with Gasteiger partial charge >= 0.3 is 0 Å². The molecule has 0 aliphatic heterocycles. The van der Waals surface area contributed by atoms with Gasteiger partial charge in [0.1, 0.15) is 11.5 Å². The summed E-state index contributed by atoms with van der Waals surface area (Å²) in [6.07, 6.45) is 3.48. The largest absolute Gasteiger partial charge is 0.507 e. The van der Waals surface area contributed by atoms with Crippen LogP contribution in [0.25, 0.3) is 54.9 Å². The molecule has 248 valence electrons. The second kappa shape index (κ2) is 14.8. The van der Waals surface area contributed by atoms with Gasteiger partial charge in [-0.3, -0.25) is 9.98 Å². The minimum atomic E-state index is 0. The number of hydrogen-bond acceptors (Lipinski definition) is 4. The van der Waals surface area contributed by atoms with Gasteiger partial charge in [0, 0.05) is 55.1 Å². The van der Waals surface area contributed by atoms with Crippen LogP contribution in [-0.4, -0.2) is 22.6 Å². The van der Waals surface area contributed by atoms with Crippen molar-refractivity contribution >= 4 is 45.3 Å². The fourth-order valence-electron chi connectivity index (χ4n) is 6.47. The molecule has 0 aromatic heterocycles. The summed E-state index contributed by atoms with van der Waals surface area (Å²) in [6, 6.07) is 56.2. The predicted molar refractivity (Wildman–Crippen MR) is 208 cm³/mol. The first kappa shape index (κ1) is 33.4. The standard InChI is InChI=1S/C46H32N2O2.Pd/c49-45-25-21-35-27-33(31-11-3-1-4-12-31)19-23-37(35)41(45)29-47-43-17-9-7-15-39(43)40-16-8-10-18-44(40)48-30-42-38-24-20-34(32-13-5-2-6-14-32)28-36(38)22-26-46(42)50;/h1-30,49-50H;. The van der Waals surface area contributed by atoms with E-state index in [0.29, 0.717) is 11.1 Å². The fraction of sp³-hybridized carbons (Fsp3) is 0. The van der Waals surface area contributed by atoms with Crippen molar-refractivity contribution in [3.05, 3.63) is 181 Å². The van der Waals surface area contributed by atoms with Crippen molar-refractivity contribution < 1.29 is 30.6 Å². The first-order valence-corrected chi connectivity index (χ1v) is 16.5. The summed E-state index contributed by atoms with van der Waals surface area (Å²) >= 11 is 0. The Kier molecular flexibility index (Phi) is 9.68. The number of aromatic hydroxyl groups is 2. The van der Waals surface area contributed by atoms with E-state index in [0.717, 1.165) is 66.3 Å². The summed E-state index contributed by atoms with van der Waals surface area (Å²) in [6.45, 7) is 0. The Balaban J connectivity index is 0.00000406. The van der Waals surface area contributed by atoms with Gasteiger partial charge in [-0.25, -0.2) is 0 Å². The number of nitrogens with zero attached hydrogens (tertiary/aromatic N) is 2. The number of benzene rings is 8. The van der Waals surface area contributed by atoms with Crippen molar-refractivity contribution in [3.63, 3.8) is 0 Å². The first-order valence-electron chi connectivity index (χ1n) is 16.5. The van der Waals surface area contributed by atoms with Crippen molar-refractivity contribution in [2.24, 2.45) is 9.98 Å². The van der Waals surface area contributed by atoms with E-state index in [1.807, 2.05) is 109 Å². The van der Waals surface area contributed by atoms with Gasteiger partial charge in [-0.2, -0.15) is 0 Å². The van der Waals surface area contributed by atoms with Gasteiger partial charge in [-0.15, -0.1) is 0 Å². The minimum Gasteiger partial charge on any atom is -0.507 e. The molecule has 0 spiro atoms. The maximum absolute atomic E-state index is 10.9. The SMILES string of the molecule is Oc1ccc2cc(-c3ccccc3)ccc2c1C=Nc1ccccc1-c1ccccc1N=Cc1c(O)ccc2cc(-c3ccccc3)ccc12.[Pd]. The second-order valence-electron chi connectivity index (χ2n) is 12.2. The molecule has 0 atom stereocenters. The molecule has 0 saturated heterocycles. The molecule has 0 heterocycles. The third kappa shape index (κ3) is 6.87. The van der Waals surface area contributed by atoms with Gasteiger partial charge in [-0.05, 0) is 80.2 Å². The van der Waals surface area contributed by atoms with E-state index in [1.165, 1.54) is 0 Å². The quantitative estimate of drug-likeness (QED) is 0.126. The van der Waals surface area contributed by atoms with E-state index in [1.54, 1.807) is 24.6 Å². The molecular formula is C46H32N2O2Pd. The van der Waals surface area contributed by atoms with E-state index in [4.69, 9.17) is 9.98 Å². The molecular weight excluding hydrogens is 719 g/mol. The van der Waals surface area contributed by atoms with Crippen molar-refractivity contribution in [1.29, 1.82) is 0 Å². The Hall–Kier alpha value is -6.12. The van der Waals surface area contributed by atoms with E-state index >= 15 is 0 Å². The minimum absolute atomic E-state index is 0. The first-order chi connectivity index (χ1) is 24.6. The predicted octanol–water partition coefficient (Wildman–Crippen LogP) is 11.9. The molecule has 2 N–H and O–H groups in total. The zero-order valence-corrected chi connectivity index (χ0v) is 29.0. The van der Waals surface area contributed by atoms with E-state index in [-0.39, 0.29) is 31.9 Å². The molecule has 0 aliphatic carbocycles. The number of fused-ring (bicyclic) bond motifs is 2. The monoisotopic (exact) mass is 750 g/mol. The van der Waals surface area contributed by atoms with Crippen molar-refractivity contribution in [1.82, 2.24) is 0 Å². The van der Waals surface area contributed by atoms with Crippen LogP contribution in [0.2, 0.25) is 0 Å².